The van der Waals surface area contributed by atoms with E-state index in [9.17, 15) is 14.4 Å². The van der Waals surface area contributed by atoms with E-state index in [-0.39, 0.29) is 17.2 Å². The van der Waals surface area contributed by atoms with Crippen molar-refractivity contribution in [3.63, 3.8) is 0 Å². The quantitative estimate of drug-likeness (QED) is 0.804. The van der Waals surface area contributed by atoms with E-state index in [1.54, 1.807) is 18.2 Å². The van der Waals surface area contributed by atoms with Gasteiger partial charge in [0.15, 0.2) is 0 Å². The maximum atomic E-state index is 12.1. The van der Waals surface area contributed by atoms with Gasteiger partial charge in [0.1, 0.15) is 5.69 Å². The van der Waals surface area contributed by atoms with Gasteiger partial charge in [-0.15, -0.1) is 0 Å². The van der Waals surface area contributed by atoms with Crippen LogP contribution in [0.3, 0.4) is 0 Å². The SMILES string of the molecule is CC(=O)Nc1ccc(C)c(NC(=O)c2cccc(=O)[nH]2)c1. The van der Waals surface area contributed by atoms with Crippen molar-refractivity contribution in [3.8, 4) is 0 Å². The van der Waals surface area contributed by atoms with Crippen LogP contribution in [0.2, 0.25) is 0 Å². The zero-order chi connectivity index (χ0) is 15.4. The van der Waals surface area contributed by atoms with Gasteiger partial charge in [-0.25, -0.2) is 0 Å². The number of H-pyrrole nitrogens is 1. The van der Waals surface area contributed by atoms with Crippen molar-refractivity contribution in [1.29, 1.82) is 0 Å². The first-order chi connectivity index (χ1) is 9.95. The number of aromatic amines is 1. The highest BCUT2D eigenvalue weighted by molar-refractivity contribution is 6.03. The number of hydrogen-bond donors (Lipinski definition) is 3. The summed E-state index contributed by atoms with van der Waals surface area (Å²) in [4.78, 5) is 36.8. The molecule has 6 heteroatoms. The Morgan fingerprint density at radius 3 is 2.52 bits per heavy atom. The lowest BCUT2D eigenvalue weighted by Gasteiger charge is -2.11. The van der Waals surface area contributed by atoms with Crippen molar-refractivity contribution >= 4 is 23.2 Å². The normalized spacial score (nSPS) is 10.0. The van der Waals surface area contributed by atoms with Gasteiger partial charge in [0.2, 0.25) is 11.5 Å². The van der Waals surface area contributed by atoms with Crippen molar-refractivity contribution in [2.45, 2.75) is 13.8 Å². The van der Waals surface area contributed by atoms with Crippen LogP contribution >= 0.6 is 0 Å². The molecule has 2 rings (SSSR count). The zero-order valence-electron chi connectivity index (χ0n) is 11.7. The Balaban J connectivity index is 2.24. The van der Waals surface area contributed by atoms with E-state index in [4.69, 9.17) is 0 Å². The summed E-state index contributed by atoms with van der Waals surface area (Å²) >= 11 is 0. The van der Waals surface area contributed by atoms with Crippen molar-refractivity contribution in [2.24, 2.45) is 0 Å². The Bertz CT molecular complexity index is 750. The molecule has 1 aromatic carbocycles. The minimum atomic E-state index is -0.421. The Kier molecular flexibility index (Phi) is 4.18. The molecule has 1 heterocycles. The molecule has 0 fully saturated rings. The largest absolute Gasteiger partial charge is 0.326 e. The summed E-state index contributed by atoms with van der Waals surface area (Å²) in [5.41, 5.74) is 1.83. The third-order valence-electron chi connectivity index (χ3n) is 2.82. The monoisotopic (exact) mass is 285 g/mol. The van der Waals surface area contributed by atoms with Gasteiger partial charge in [-0.1, -0.05) is 12.1 Å². The number of pyridine rings is 1. The van der Waals surface area contributed by atoms with Crippen molar-refractivity contribution in [2.75, 3.05) is 10.6 Å². The first-order valence-corrected chi connectivity index (χ1v) is 6.34. The number of aromatic nitrogens is 1. The maximum Gasteiger partial charge on any atom is 0.272 e. The minimum Gasteiger partial charge on any atom is -0.326 e. The number of carbonyl (C=O) groups excluding carboxylic acids is 2. The molecule has 108 valence electrons. The molecule has 0 aliphatic carbocycles. The summed E-state index contributed by atoms with van der Waals surface area (Å²) in [7, 11) is 0. The Morgan fingerprint density at radius 1 is 1.10 bits per heavy atom. The summed E-state index contributed by atoms with van der Waals surface area (Å²) < 4.78 is 0. The number of amides is 2. The lowest BCUT2D eigenvalue weighted by molar-refractivity contribution is -0.114. The van der Waals surface area contributed by atoms with Gasteiger partial charge in [0, 0.05) is 24.4 Å². The van der Waals surface area contributed by atoms with E-state index in [2.05, 4.69) is 15.6 Å². The van der Waals surface area contributed by atoms with Crippen LogP contribution in [0.25, 0.3) is 0 Å². The first-order valence-electron chi connectivity index (χ1n) is 6.34. The van der Waals surface area contributed by atoms with Crippen LogP contribution in [-0.4, -0.2) is 16.8 Å². The second kappa shape index (κ2) is 6.04. The third-order valence-corrected chi connectivity index (χ3v) is 2.82. The fourth-order valence-corrected chi connectivity index (χ4v) is 1.81. The van der Waals surface area contributed by atoms with Gasteiger partial charge in [-0.05, 0) is 30.7 Å². The standard InChI is InChI=1S/C15H15N3O3/c1-9-6-7-11(16-10(2)19)8-13(9)18-15(21)12-4-3-5-14(20)17-12/h3-8H,1-2H3,(H,16,19)(H,17,20)(H,18,21). The molecule has 2 amide bonds. The second-order valence-corrected chi connectivity index (χ2v) is 4.59. The molecular weight excluding hydrogens is 270 g/mol. The number of nitrogens with one attached hydrogen (secondary N) is 3. The van der Waals surface area contributed by atoms with Crippen LogP contribution in [0, 0.1) is 6.92 Å². The average molecular weight is 285 g/mol. The molecule has 2 aromatic rings. The van der Waals surface area contributed by atoms with Gasteiger partial charge in [-0.2, -0.15) is 0 Å². The van der Waals surface area contributed by atoms with Gasteiger partial charge >= 0.3 is 0 Å². The average Bonchev–Trinajstić information content (AvgIpc) is 2.42. The van der Waals surface area contributed by atoms with E-state index in [1.807, 2.05) is 6.92 Å². The molecule has 0 spiro atoms. The summed E-state index contributed by atoms with van der Waals surface area (Å²) in [6.45, 7) is 3.24. The fraction of sp³-hybridized carbons (Fsp3) is 0.133. The summed E-state index contributed by atoms with van der Waals surface area (Å²) in [5, 5.41) is 5.35. The van der Waals surface area contributed by atoms with Crippen molar-refractivity contribution < 1.29 is 9.59 Å². The summed E-state index contributed by atoms with van der Waals surface area (Å²) in [6.07, 6.45) is 0. The van der Waals surface area contributed by atoms with Crippen molar-refractivity contribution in [1.82, 2.24) is 4.98 Å². The molecule has 0 unspecified atom stereocenters. The van der Waals surface area contributed by atoms with E-state index < -0.39 is 5.91 Å². The van der Waals surface area contributed by atoms with Gasteiger partial charge in [0.05, 0.1) is 0 Å². The molecular formula is C15H15N3O3. The number of aryl methyl sites for hydroxylation is 1. The van der Waals surface area contributed by atoms with Gasteiger partial charge in [0.25, 0.3) is 5.91 Å². The molecule has 0 aliphatic heterocycles. The van der Waals surface area contributed by atoms with Crippen LogP contribution in [0.1, 0.15) is 23.0 Å². The van der Waals surface area contributed by atoms with Crippen LogP contribution in [0.5, 0.6) is 0 Å². The number of carbonyl (C=O) groups is 2. The molecule has 0 radical (unpaired) electrons. The van der Waals surface area contributed by atoms with Crippen LogP contribution in [-0.2, 0) is 4.79 Å². The predicted octanol–water partition coefficient (Wildman–Crippen LogP) is 1.89. The first kappa shape index (κ1) is 14.5. The number of anilines is 2. The molecule has 6 nitrogen and oxygen atoms in total. The van der Waals surface area contributed by atoms with Gasteiger partial charge in [-0.3, -0.25) is 14.4 Å². The highest BCUT2D eigenvalue weighted by atomic mass is 16.2. The molecule has 0 bridgehead atoms. The summed E-state index contributed by atoms with van der Waals surface area (Å²) in [6, 6.07) is 9.55. The smallest absolute Gasteiger partial charge is 0.272 e. The Labute approximate surface area is 121 Å². The highest BCUT2D eigenvalue weighted by Gasteiger charge is 2.09. The number of hydrogen-bond acceptors (Lipinski definition) is 3. The fourth-order valence-electron chi connectivity index (χ4n) is 1.81. The maximum absolute atomic E-state index is 12.1. The lowest BCUT2D eigenvalue weighted by Crippen LogP contribution is -2.18. The number of rotatable bonds is 3. The Morgan fingerprint density at radius 2 is 1.86 bits per heavy atom. The summed E-state index contributed by atoms with van der Waals surface area (Å²) in [5.74, 6) is -0.612. The molecule has 0 aliphatic rings. The third kappa shape index (κ3) is 3.79. The van der Waals surface area contributed by atoms with E-state index in [1.165, 1.54) is 25.1 Å². The van der Waals surface area contributed by atoms with Crippen molar-refractivity contribution in [3.05, 3.63) is 58.0 Å². The molecule has 0 saturated carbocycles. The molecule has 21 heavy (non-hydrogen) atoms. The van der Waals surface area contributed by atoms with Crippen LogP contribution in [0.15, 0.2) is 41.2 Å². The second-order valence-electron chi connectivity index (χ2n) is 4.59. The minimum absolute atomic E-state index is 0.173. The topological polar surface area (TPSA) is 91.1 Å². The van der Waals surface area contributed by atoms with E-state index >= 15 is 0 Å². The Hall–Kier alpha value is -2.89. The predicted molar refractivity (Wildman–Crippen MR) is 80.5 cm³/mol. The van der Waals surface area contributed by atoms with E-state index in [0.717, 1.165) is 5.56 Å². The lowest BCUT2D eigenvalue weighted by atomic mass is 10.1. The molecule has 3 N–H and O–H groups in total. The van der Waals surface area contributed by atoms with E-state index in [0.29, 0.717) is 11.4 Å². The van der Waals surface area contributed by atoms with Gasteiger partial charge < -0.3 is 15.6 Å². The highest BCUT2D eigenvalue weighted by Crippen LogP contribution is 2.20. The zero-order valence-corrected chi connectivity index (χ0v) is 11.7. The molecule has 0 saturated heterocycles. The molecule has 0 atom stereocenters. The van der Waals surface area contributed by atoms with Crippen LogP contribution in [0.4, 0.5) is 11.4 Å². The molecule has 1 aromatic heterocycles. The number of benzene rings is 1. The van der Waals surface area contributed by atoms with Crippen LogP contribution < -0.4 is 16.2 Å².